The van der Waals surface area contributed by atoms with Gasteiger partial charge in [-0.1, -0.05) is 27.2 Å². The Hall–Kier alpha value is -0.570. The molecule has 21 heavy (non-hydrogen) atoms. The lowest BCUT2D eigenvalue weighted by Gasteiger charge is -2.28. The molecule has 3 aliphatic carbocycles. The minimum Gasteiger partial charge on any atom is -0.322 e. The number of nitrogens with one attached hydrogen (secondary N) is 1. The van der Waals surface area contributed by atoms with E-state index in [9.17, 15) is 4.79 Å². The minimum atomic E-state index is 0.0951. The molecule has 1 amide bonds. The minimum absolute atomic E-state index is 0.0951. The number of rotatable bonds is 5. The van der Waals surface area contributed by atoms with Gasteiger partial charge < -0.3 is 4.90 Å². The summed E-state index contributed by atoms with van der Waals surface area (Å²) in [6.45, 7) is 6.73. The Kier molecular flexibility index (Phi) is 3.33. The number of fused-ring (bicyclic) bond motifs is 5. The molecule has 3 saturated carbocycles. The molecule has 0 aromatic heterocycles. The van der Waals surface area contributed by atoms with Gasteiger partial charge in [0.05, 0.1) is 12.2 Å². The molecule has 118 valence electrons. The second-order valence-corrected chi connectivity index (χ2v) is 8.38. The fourth-order valence-corrected chi connectivity index (χ4v) is 5.85. The first kappa shape index (κ1) is 14.0. The monoisotopic (exact) mass is 290 g/mol. The van der Waals surface area contributed by atoms with E-state index in [0.717, 1.165) is 42.9 Å². The second kappa shape index (κ2) is 4.97. The lowest BCUT2D eigenvalue weighted by atomic mass is 10.0. The van der Waals surface area contributed by atoms with Crippen molar-refractivity contribution in [1.29, 1.82) is 0 Å². The fourth-order valence-electron chi connectivity index (χ4n) is 5.85. The molecule has 4 rings (SSSR count). The molecule has 1 aliphatic heterocycles. The smallest absolute Gasteiger partial charge is 0.241 e. The SMILES string of the molecule is CCCC1NC(CC(C)C)N(C2C3C4CCC(C4)C32)C1=O. The molecular formula is C18H30N2O. The van der Waals surface area contributed by atoms with E-state index in [4.69, 9.17) is 0 Å². The van der Waals surface area contributed by atoms with Crippen LogP contribution in [0.15, 0.2) is 0 Å². The lowest BCUT2D eigenvalue weighted by Crippen LogP contribution is -2.42. The summed E-state index contributed by atoms with van der Waals surface area (Å²) >= 11 is 0. The number of hydrogen-bond donors (Lipinski definition) is 1. The van der Waals surface area contributed by atoms with Crippen molar-refractivity contribution in [3.63, 3.8) is 0 Å². The highest BCUT2D eigenvalue weighted by Crippen LogP contribution is 2.67. The first-order chi connectivity index (χ1) is 10.1. The van der Waals surface area contributed by atoms with E-state index >= 15 is 0 Å². The number of nitrogens with zero attached hydrogens (tertiary/aromatic N) is 1. The second-order valence-electron chi connectivity index (χ2n) is 8.38. The van der Waals surface area contributed by atoms with Crippen LogP contribution in [0.5, 0.6) is 0 Å². The van der Waals surface area contributed by atoms with E-state index < -0.39 is 0 Å². The summed E-state index contributed by atoms with van der Waals surface area (Å²) in [5.41, 5.74) is 0. The van der Waals surface area contributed by atoms with Gasteiger partial charge in [0.1, 0.15) is 0 Å². The molecule has 0 spiro atoms. The Bertz CT molecular complexity index is 419. The summed E-state index contributed by atoms with van der Waals surface area (Å²) in [5.74, 6) is 4.69. The van der Waals surface area contributed by atoms with E-state index in [-0.39, 0.29) is 6.04 Å². The highest BCUT2D eigenvalue weighted by molar-refractivity contribution is 5.85. The van der Waals surface area contributed by atoms with Crippen molar-refractivity contribution in [1.82, 2.24) is 10.2 Å². The van der Waals surface area contributed by atoms with Crippen LogP contribution in [-0.4, -0.2) is 29.1 Å². The van der Waals surface area contributed by atoms with Gasteiger partial charge in [-0.25, -0.2) is 0 Å². The van der Waals surface area contributed by atoms with Crippen molar-refractivity contribution in [2.75, 3.05) is 0 Å². The molecule has 6 unspecified atom stereocenters. The molecule has 0 aromatic carbocycles. The summed E-state index contributed by atoms with van der Waals surface area (Å²) in [5, 5.41) is 3.66. The van der Waals surface area contributed by atoms with Gasteiger partial charge in [-0.3, -0.25) is 10.1 Å². The third-order valence-corrected chi connectivity index (χ3v) is 6.57. The summed E-state index contributed by atoms with van der Waals surface area (Å²) in [7, 11) is 0. The van der Waals surface area contributed by atoms with Crippen LogP contribution in [0.2, 0.25) is 0 Å². The maximum atomic E-state index is 12.9. The van der Waals surface area contributed by atoms with E-state index in [2.05, 4.69) is 31.0 Å². The average molecular weight is 290 g/mol. The third-order valence-electron chi connectivity index (χ3n) is 6.57. The third kappa shape index (κ3) is 2.07. The molecule has 1 saturated heterocycles. The maximum Gasteiger partial charge on any atom is 0.241 e. The van der Waals surface area contributed by atoms with Gasteiger partial charge in [0.25, 0.3) is 0 Å². The average Bonchev–Trinajstić information content (AvgIpc) is 2.75. The van der Waals surface area contributed by atoms with Gasteiger partial charge in [-0.2, -0.15) is 0 Å². The van der Waals surface area contributed by atoms with Crippen molar-refractivity contribution in [2.45, 2.75) is 77.5 Å². The van der Waals surface area contributed by atoms with Crippen LogP contribution in [0.4, 0.5) is 0 Å². The molecule has 2 bridgehead atoms. The molecule has 3 nitrogen and oxygen atoms in total. The van der Waals surface area contributed by atoms with Gasteiger partial charge >= 0.3 is 0 Å². The van der Waals surface area contributed by atoms with Crippen LogP contribution in [0, 0.1) is 29.6 Å². The van der Waals surface area contributed by atoms with Crippen LogP contribution < -0.4 is 5.32 Å². The molecule has 6 atom stereocenters. The zero-order chi connectivity index (χ0) is 14.7. The Balaban J connectivity index is 1.52. The van der Waals surface area contributed by atoms with Crippen molar-refractivity contribution < 1.29 is 4.79 Å². The number of carbonyl (C=O) groups excluding carboxylic acids is 1. The normalized spacial score (nSPS) is 47.5. The van der Waals surface area contributed by atoms with Crippen molar-refractivity contribution in [3.05, 3.63) is 0 Å². The quantitative estimate of drug-likeness (QED) is 0.844. The Labute approximate surface area is 128 Å². The first-order valence-corrected chi connectivity index (χ1v) is 9.20. The number of carbonyl (C=O) groups is 1. The van der Waals surface area contributed by atoms with Crippen LogP contribution in [-0.2, 0) is 4.79 Å². The highest BCUT2D eigenvalue weighted by atomic mass is 16.2. The van der Waals surface area contributed by atoms with E-state index in [1.165, 1.54) is 19.3 Å². The molecule has 0 aromatic rings. The predicted molar refractivity (Wildman–Crippen MR) is 83.5 cm³/mol. The molecule has 4 aliphatic rings. The largest absolute Gasteiger partial charge is 0.322 e. The number of amides is 1. The van der Waals surface area contributed by atoms with Gasteiger partial charge in [0.2, 0.25) is 5.91 Å². The van der Waals surface area contributed by atoms with Crippen molar-refractivity contribution >= 4 is 5.91 Å². The van der Waals surface area contributed by atoms with Crippen LogP contribution in [0.3, 0.4) is 0 Å². The summed E-state index contributed by atoms with van der Waals surface area (Å²) in [6, 6.07) is 0.694. The summed E-state index contributed by atoms with van der Waals surface area (Å²) in [4.78, 5) is 15.2. The summed E-state index contributed by atoms with van der Waals surface area (Å²) < 4.78 is 0. The van der Waals surface area contributed by atoms with Gasteiger partial charge in [0, 0.05) is 6.04 Å². The van der Waals surface area contributed by atoms with E-state index in [1.807, 2.05) is 0 Å². The van der Waals surface area contributed by atoms with E-state index in [0.29, 0.717) is 24.0 Å². The maximum absolute atomic E-state index is 12.9. The molecular weight excluding hydrogens is 260 g/mol. The van der Waals surface area contributed by atoms with Crippen molar-refractivity contribution in [2.24, 2.45) is 29.6 Å². The Morgan fingerprint density at radius 3 is 2.48 bits per heavy atom. The zero-order valence-corrected chi connectivity index (χ0v) is 13.7. The first-order valence-electron chi connectivity index (χ1n) is 9.20. The predicted octanol–water partition coefficient (Wildman–Crippen LogP) is 3.00. The molecule has 1 N–H and O–H groups in total. The van der Waals surface area contributed by atoms with Gasteiger partial charge in [0.15, 0.2) is 0 Å². The Morgan fingerprint density at radius 1 is 1.24 bits per heavy atom. The topological polar surface area (TPSA) is 32.3 Å². The van der Waals surface area contributed by atoms with E-state index in [1.54, 1.807) is 0 Å². The molecule has 0 radical (unpaired) electrons. The number of hydrogen-bond acceptors (Lipinski definition) is 2. The summed E-state index contributed by atoms with van der Waals surface area (Å²) in [6.07, 6.45) is 7.85. The van der Waals surface area contributed by atoms with Crippen molar-refractivity contribution in [3.8, 4) is 0 Å². The molecule has 4 fully saturated rings. The van der Waals surface area contributed by atoms with Gasteiger partial charge in [-0.15, -0.1) is 0 Å². The van der Waals surface area contributed by atoms with Crippen LogP contribution in [0.25, 0.3) is 0 Å². The molecule has 1 heterocycles. The molecule has 3 heteroatoms. The Morgan fingerprint density at radius 2 is 1.90 bits per heavy atom. The zero-order valence-electron chi connectivity index (χ0n) is 13.7. The van der Waals surface area contributed by atoms with Crippen LogP contribution in [0.1, 0.15) is 59.3 Å². The highest BCUT2D eigenvalue weighted by Gasteiger charge is 2.69. The fraction of sp³-hybridized carbons (Fsp3) is 0.944. The standard InChI is InChI=1S/C18H30N2O/c1-4-5-13-18(21)20(14(19-13)8-10(2)3)17-15-11-6-7-12(9-11)16(15)17/h10-17,19H,4-9H2,1-3H3. The lowest BCUT2D eigenvalue weighted by molar-refractivity contribution is -0.131. The van der Waals surface area contributed by atoms with Gasteiger partial charge in [-0.05, 0) is 61.7 Å². The van der Waals surface area contributed by atoms with Crippen LogP contribution >= 0.6 is 0 Å².